The zero-order valence-corrected chi connectivity index (χ0v) is 12.8. The highest BCUT2D eigenvalue weighted by molar-refractivity contribution is 9.09. The molecular weight excluding hydrogens is 310 g/mol. The molecule has 18 heavy (non-hydrogen) atoms. The van der Waals surface area contributed by atoms with Gasteiger partial charge < -0.3 is 0 Å². The van der Waals surface area contributed by atoms with Gasteiger partial charge in [0.25, 0.3) is 0 Å². The van der Waals surface area contributed by atoms with Crippen molar-refractivity contribution in [1.82, 2.24) is 4.98 Å². The summed E-state index contributed by atoms with van der Waals surface area (Å²) in [4.78, 5) is 4.67. The molecule has 1 aromatic carbocycles. The SMILES string of the molecule is Cc1ccc(CC(Br)c2cc(Cl)ccc2C)nc1. The lowest BCUT2D eigenvalue weighted by molar-refractivity contribution is 0.895. The number of alkyl halides is 1. The monoisotopic (exact) mass is 323 g/mol. The number of halogens is 2. The Bertz CT molecular complexity index is 537. The predicted molar refractivity (Wildman–Crippen MR) is 80.5 cm³/mol. The van der Waals surface area contributed by atoms with Crippen LogP contribution in [-0.2, 0) is 6.42 Å². The molecule has 0 spiro atoms. The molecule has 0 N–H and O–H groups in total. The Hall–Kier alpha value is -0.860. The van der Waals surface area contributed by atoms with Gasteiger partial charge in [-0.05, 0) is 48.7 Å². The van der Waals surface area contributed by atoms with Crippen LogP contribution in [0.3, 0.4) is 0 Å². The lowest BCUT2D eigenvalue weighted by Gasteiger charge is -2.13. The van der Waals surface area contributed by atoms with E-state index in [1.807, 2.05) is 25.3 Å². The lowest BCUT2D eigenvalue weighted by atomic mass is 10.0. The molecule has 0 aliphatic rings. The van der Waals surface area contributed by atoms with Gasteiger partial charge in [-0.1, -0.05) is 39.7 Å². The average Bonchev–Trinajstić information content (AvgIpc) is 2.35. The number of pyridine rings is 1. The molecule has 0 aliphatic heterocycles. The van der Waals surface area contributed by atoms with Crippen molar-refractivity contribution in [2.75, 3.05) is 0 Å². The first kappa shape index (κ1) is 13.6. The predicted octanol–water partition coefficient (Wildman–Crippen LogP) is 5.03. The Morgan fingerprint density at radius 2 is 2.00 bits per heavy atom. The molecule has 0 amide bonds. The summed E-state index contributed by atoms with van der Waals surface area (Å²) in [6.07, 6.45) is 2.77. The maximum Gasteiger partial charge on any atom is 0.0453 e. The van der Waals surface area contributed by atoms with Crippen LogP contribution in [0, 0.1) is 13.8 Å². The van der Waals surface area contributed by atoms with Gasteiger partial charge in [0.1, 0.15) is 0 Å². The fourth-order valence-corrected chi connectivity index (χ4v) is 2.87. The van der Waals surface area contributed by atoms with E-state index in [0.29, 0.717) is 0 Å². The van der Waals surface area contributed by atoms with E-state index in [2.05, 4.69) is 46.0 Å². The maximum atomic E-state index is 6.05. The summed E-state index contributed by atoms with van der Waals surface area (Å²) in [5, 5.41) is 0.775. The fourth-order valence-electron chi connectivity index (χ4n) is 1.86. The Morgan fingerprint density at radius 1 is 1.22 bits per heavy atom. The quantitative estimate of drug-likeness (QED) is 0.722. The van der Waals surface area contributed by atoms with Crippen LogP contribution >= 0.6 is 27.5 Å². The molecule has 1 unspecified atom stereocenters. The highest BCUT2D eigenvalue weighted by Crippen LogP contribution is 2.30. The molecule has 0 saturated carbocycles. The summed E-state index contributed by atoms with van der Waals surface area (Å²) in [5.41, 5.74) is 4.74. The molecule has 3 heteroatoms. The summed E-state index contributed by atoms with van der Waals surface area (Å²) in [6.45, 7) is 4.14. The van der Waals surface area contributed by atoms with Gasteiger partial charge in [0.05, 0.1) is 0 Å². The van der Waals surface area contributed by atoms with Gasteiger partial charge in [-0.15, -0.1) is 0 Å². The molecule has 0 aliphatic carbocycles. The lowest BCUT2D eigenvalue weighted by Crippen LogP contribution is -2.00. The topological polar surface area (TPSA) is 12.9 Å². The highest BCUT2D eigenvalue weighted by atomic mass is 79.9. The average molecular weight is 325 g/mol. The fraction of sp³-hybridized carbons (Fsp3) is 0.267. The number of benzene rings is 1. The highest BCUT2D eigenvalue weighted by Gasteiger charge is 2.12. The van der Waals surface area contributed by atoms with Gasteiger partial charge in [0, 0.05) is 28.2 Å². The van der Waals surface area contributed by atoms with Gasteiger partial charge in [-0.2, -0.15) is 0 Å². The third kappa shape index (κ3) is 3.33. The van der Waals surface area contributed by atoms with E-state index in [-0.39, 0.29) is 4.83 Å². The Balaban J connectivity index is 2.18. The van der Waals surface area contributed by atoms with Gasteiger partial charge >= 0.3 is 0 Å². The smallest absolute Gasteiger partial charge is 0.0453 e. The largest absolute Gasteiger partial charge is 0.261 e. The summed E-state index contributed by atoms with van der Waals surface area (Å²) in [5.74, 6) is 0. The summed E-state index contributed by atoms with van der Waals surface area (Å²) >= 11 is 9.78. The van der Waals surface area contributed by atoms with E-state index < -0.39 is 0 Å². The van der Waals surface area contributed by atoms with Gasteiger partial charge in [0.2, 0.25) is 0 Å². The van der Waals surface area contributed by atoms with Crippen LogP contribution in [0.2, 0.25) is 5.02 Å². The molecule has 2 rings (SSSR count). The standard InChI is InChI=1S/C15H15BrClN/c1-10-3-6-13(18-9-10)8-15(16)14-7-12(17)5-4-11(14)2/h3-7,9,15H,8H2,1-2H3. The van der Waals surface area contributed by atoms with E-state index in [4.69, 9.17) is 11.6 Å². The minimum atomic E-state index is 0.242. The Kier molecular flexibility index (Phi) is 4.41. The van der Waals surface area contributed by atoms with E-state index in [0.717, 1.165) is 17.1 Å². The molecule has 2 aromatic rings. The molecule has 0 fully saturated rings. The molecule has 1 nitrogen and oxygen atoms in total. The molecule has 1 atom stereocenters. The second kappa shape index (κ2) is 5.85. The van der Waals surface area contributed by atoms with Crippen molar-refractivity contribution in [3.63, 3.8) is 0 Å². The van der Waals surface area contributed by atoms with Crippen molar-refractivity contribution < 1.29 is 0 Å². The summed E-state index contributed by atoms with van der Waals surface area (Å²) in [7, 11) is 0. The number of aromatic nitrogens is 1. The van der Waals surface area contributed by atoms with Crippen LogP contribution < -0.4 is 0 Å². The van der Waals surface area contributed by atoms with Crippen molar-refractivity contribution in [2.24, 2.45) is 0 Å². The number of rotatable bonds is 3. The number of aryl methyl sites for hydroxylation is 2. The first-order valence-electron chi connectivity index (χ1n) is 5.88. The second-order valence-corrected chi connectivity index (χ2v) is 6.04. The van der Waals surface area contributed by atoms with E-state index in [1.165, 1.54) is 16.7 Å². The molecule has 0 bridgehead atoms. The van der Waals surface area contributed by atoms with Crippen LogP contribution in [0.5, 0.6) is 0 Å². The zero-order chi connectivity index (χ0) is 13.1. The normalized spacial score (nSPS) is 12.4. The van der Waals surface area contributed by atoms with E-state index in [9.17, 15) is 0 Å². The molecule has 1 heterocycles. The van der Waals surface area contributed by atoms with Crippen molar-refractivity contribution in [3.8, 4) is 0 Å². The first-order chi connectivity index (χ1) is 8.56. The molecule has 1 aromatic heterocycles. The molecule has 0 radical (unpaired) electrons. The minimum Gasteiger partial charge on any atom is -0.261 e. The second-order valence-electron chi connectivity index (χ2n) is 4.50. The van der Waals surface area contributed by atoms with Crippen molar-refractivity contribution in [1.29, 1.82) is 0 Å². The minimum absolute atomic E-state index is 0.242. The molecular formula is C15H15BrClN. The maximum absolute atomic E-state index is 6.05. The molecule has 0 saturated heterocycles. The van der Waals surface area contributed by atoms with Crippen molar-refractivity contribution in [3.05, 3.63) is 63.9 Å². The number of nitrogens with zero attached hydrogens (tertiary/aromatic N) is 1. The summed E-state index contributed by atoms with van der Waals surface area (Å²) < 4.78 is 0. The molecule has 94 valence electrons. The van der Waals surface area contributed by atoms with Crippen LogP contribution in [0.15, 0.2) is 36.5 Å². The van der Waals surface area contributed by atoms with Crippen LogP contribution in [0.25, 0.3) is 0 Å². The Morgan fingerprint density at radius 3 is 2.67 bits per heavy atom. The van der Waals surface area contributed by atoms with Crippen LogP contribution in [-0.4, -0.2) is 4.98 Å². The van der Waals surface area contributed by atoms with Gasteiger partial charge in [-0.3, -0.25) is 4.98 Å². The summed E-state index contributed by atoms with van der Waals surface area (Å²) in [6, 6.07) is 10.2. The van der Waals surface area contributed by atoms with Gasteiger partial charge in [-0.25, -0.2) is 0 Å². The van der Waals surface area contributed by atoms with Crippen molar-refractivity contribution >= 4 is 27.5 Å². The van der Waals surface area contributed by atoms with Crippen molar-refractivity contribution in [2.45, 2.75) is 25.1 Å². The zero-order valence-electron chi connectivity index (χ0n) is 10.5. The van der Waals surface area contributed by atoms with E-state index >= 15 is 0 Å². The van der Waals surface area contributed by atoms with E-state index in [1.54, 1.807) is 0 Å². The van der Waals surface area contributed by atoms with Crippen LogP contribution in [0.1, 0.15) is 27.2 Å². The first-order valence-corrected chi connectivity index (χ1v) is 7.17. The third-order valence-corrected chi connectivity index (χ3v) is 3.99. The van der Waals surface area contributed by atoms with Crippen LogP contribution in [0.4, 0.5) is 0 Å². The number of hydrogen-bond acceptors (Lipinski definition) is 1. The number of hydrogen-bond donors (Lipinski definition) is 0. The Labute approximate surface area is 121 Å². The van der Waals surface area contributed by atoms with Gasteiger partial charge in [0.15, 0.2) is 0 Å². The third-order valence-electron chi connectivity index (χ3n) is 2.94.